The molecule has 2 fully saturated rings. The van der Waals surface area contributed by atoms with Gasteiger partial charge in [0.1, 0.15) is 11.6 Å². The number of ketones is 2. The van der Waals surface area contributed by atoms with E-state index in [0.717, 1.165) is 22.0 Å². The first kappa shape index (κ1) is 25.9. The fourth-order valence-corrected chi connectivity index (χ4v) is 7.08. The molecular formula is C32H39NO4. The first-order valence-electron chi connectivity index (χ1n) is 13.5. The second-order valence-electron chi connectivity index (χ2n) is 12.9. The number of nitrogens with zero attached hydrogens (tertiary/aromatic N) is 1. The van der Waals surface area contributed by atoms with Gasteiger partial charge >= 0.3 is 0 Å². The third kappa shape index (κ3) is 5.04. The van der Waals surface area contributed by atoms with Gasteiger partial charge in [0, 0.05) is 42.4 Å². The maximum atomic E-state index is 13.7. The number of aromatic nitrogens is 1. The number of aliphatic hydroxyl groups excluding tert-OH is 2. The van der Waals surface area contributed by atoms with Crippen LogP contribution in [0.25, 0.3) is 10.9 Å². The van der Waals surface area contributed by atoms with E-state index >= 15 is 0 Å². The molecule has 5 rings (SSSR count). The number of fused-ring (bicyclic) bond motifs is 1. The molecule has 0 amide bonds. The minimum absolute atomic E-state index is 0.0153. The van der Waals surface area contributed by atoms with Crippen LogP contribution in [0.4, 0.5) is 0 Å². The number of hydrogen-bond donors (Lipinski definition) is 2. The van der Waals surface area contributed by atoms with Gasteiger partial charge in [-0.3, -0.25) is 9.59 Å². The molecule has 0 radical (unpaired) electrons. The van der Waals surface area contributed by atoms with Crippen molar-refractivity contribution in [2.75, 3.05) is 0 Å². The number of carbonyl (C=O) groups is 2. The first-order valence-corrected chi connectivity index (χ1v) is 13.5. The highest BCUT2D eigenvalue weighted by atomic mass is 16.3. The van der Waals surface area contributed by atoms with Crippen molar-refractivity contribution in [3.05, 3.63) is 71.9 Å². The average molecular weight is 502 g/mol. The van der Waals surface area contributed by atoms with E-state index in [2.05, 4.69) is 29.0 Å². The van der Waals surface area contributed by atoms with Gasteiger partial charge in [-0.25, -0.2) is 0 Å². The summed E-state index contributed by atoms with van der Waals surface area (Å²) >= 11 is 0. The van der Waals surface area contributed by atoms with Crippen LogP contribution >= 0.6 is 0 Å². The lowest BCUT2D eigenvalue weighted by Gasteiger charge is -2.46. The summed E-state index contributed by atoms with van der Waals surface area (Å²) in [5.74, 6) is -2.07. The Bertz CT molecular complexity index is 1260. The lowest BCUT2D eigenvalue weighted by atomic mass is 9.58. The minimum Gasteiger partial charge on any atom is -0.392 e. The minimum atomic E-state index is -0.868. The monoisotopic (exact) mass is 501 g/mol. The predicted molar refractivity (Wildman–Crippen MR) is 145 cm³/mol. The van der Waals surface area contributed by atoms with Crippen LogP contribution in [-0.2, 0) is 16.1 Å². The lowest BCUT2D eigenvalue weighted by molar-refractivity contribution is -0.144. The second-order valence-corrected chi connectivity index (χ2v) is 12.9. The summed E-state index contributed by atoms with van der Waals surface area (Å²) in [6, 6.07) is 18.3. The molecule has 0 spiro atoms. The average Bonchev–Trinajstić information content (AvgIpc) is 3.14. The van der Waals surface area contributed by atoms with Crippen molar-refractivity contribution in [3.63, 3.8) is 0 Å². The molecule has 3 aromatic rings. The van der Waals surface area contributed by atoms with E-state index in [0.29, 0.717) is 32.2 Å². The zero-order valence-corrected chi connectivity index (χ0v) is 22.4. The Morgan fingerprint density at radius 3 is 1.86 bits per heavy atom. The van der Waals surface area contributed by atoms with Crippen molar-refractivity contribution in [2.24, 2.45) is 22.7 Å². The number of carbonyl (C=O) groups excluding carboxylic acids is 2. The van der Waals surface area contributed by atoms with Crippen LogP contribution < -0.4 is 0 Å². The van der Waals surface area contributed by atoms with Crippen LogP contribution in [-0.4, -0.2) is 38.6 Å². The Hall–Kier alpha value is -2.76. The van der Waals surface area contributed by atoms with Crippen LogP contribution in [0.15, 0.2) is 60.8 Å². The number of rotatable bonds is 5. The molecule has 2 N–H and O–H groups in total. The molecule has 0 aliphatic heterocycles. The Balaban J connectivity index is 1.67. The number of benzene rings is 2. The number of para-hydroxylation sites is 1. The molecular weight excluding hydrogens is 462 g/mol. The molecule has 2 aliphatic rings. The van der Waals surface area contributed by atoms with Crippen molar-refractivity contribution in [1.82, 2.24) is 4.57 Å². The Morgan fingerprint density at radius 1 is 0.811 bits per heavy atom. The summed E-state index contributed by atoms with van der Waals surface area (Å²) in [6.45, 7) is 8.68. The summed E-state index contributed by atoms with van der Waals surface area (Å²) in [5, 5.41) is 23.8. The van der Waals surface area contributed by atoms with E-state index in [9.17, 15) is 19.8 Å². The zero-order valence-electron chi connectivity index (χ0n) is 22.4. The molecule has 196 valence electrons. The molecule has 5 atom stereocenters. The van der Waals surface area contributed by atoms with E-state index in [4.69, 9.17) is 0 Å². The fraction of sp³-hybridized carbons (Fsp3) is 0.500. The van der Waals surface area contributed by atoms with Crippen LogP contribution in [0.1, 0.15) is 70.4 Å². The summed E-state index contributed by atoms with van der Waals surface area (Å²) in [4.78, 5) is 27.4. The zero-order chi connectivity index (χ0) is 26.5. The molecule has 1 unspecified atom stereocenters. The summed E-state index contributed by atoms with van der Waals surface area (Å²) < 4.78 is 2.17. The van der Waals surface area contributed by atoms with E-state index < -0.39 is 30.0 Å². The van der Waals surface area contributed by atoms with Gasteiger partial charge in [-0.15, -0.1) is 0 Å². The maximum absolute atomic E-state index is 13.7. The highest BCUT2D eigenvalue weighted by Crippen LogP contribution is 2.50. The van der Waals surface area contributed by atoms with Gasteiger partial charge in [-0.2, -0.15) is 0 Å². The summed E-state index contributed by atoms with van der Waals surface area (Å²) in [5.41, 5.74) is 2.45. The van der Waals surface area contributed by atoms with Gasteiger partial charge < -0.3 is 14.8 Å². The molecule has 5 nitrogen and oxygen atoms in total. The van der Waals surface area contributed by atoms with Crippen LogP contribution in [0.2, 0.25) is 0 Å². The quantitative estimate of drug-likeness (QED) is 0.483. The molecule has 0 bridgehead atoms. The second kappa shape index (κ2) is 9.52. The SMILES string of the molecule is CC1(C)CC(=O)[C@@H](C(c2cn(Cc3ccccc3)c3ccccc23)[C@H]2C(=O)CC(C)(C)C[C@@H]2O)[C@H](O)C1. The van der Waals surface area contributed by atoms with Crippen molar-refractivity contribution in [1.29, 1.82) is 0 Å². The third-order valence-corrected chi connectivity index (χ3v) is 8.55. The molecule has 2 saturated carbocycles. The van der Waals surface area contributed by atoms with Gasteiger partial charge in [-0.05, 0) is 40.9 Å². The van der Waals surface area contributed by atoms with Gasteiger partial charge in [0.2, 0.25) is 0 Å². The van der Waals surface area contributed by atoms with Crippen molar-refractivity contribution in [2.45, 2.75) is 78.0 Å². The van der Waals surface area contributed by atoms with E-state index in [1.165, 1.54) is 0 Å². The molecule has 1 heterocycles. The van der Waals surface area contributed by atoms with E-state index in [1.807, 2.05) is 64.1 Å². The van der Waals surface area contributed by atoms with Gasteiger partial charge in [-0.1, -0.05) is 76.2 Å². The topological polar surface area (TPSA) is 79.5 Å². The molecule has 2 aliphatic carbocycles. The summed E-state index contributed by atoms with van der Waals surface area (Å²) in [6.07, 6.45) is 2.02. The predicted octanol–water partition coefficient (Wildman–Crippen LogP) is 5.51. The van der Waals surface area contributed by atoms with Crippen molar-refractivity contribution in [3.8, 4) is 0 Å². The molecule has 1 aromatic heterocycles. The Labute approximate surface area is 219 Å². The maximum Gasteiger partial charge on any atom is 0.139 e. The smallest absolute Gasteiger partial charge is 0.139 e. The Kier molecular flexibility index (Phi) is 6.66. The molecule has 0 saturated heterocycles. The summed E-state index contributed by atoms with van der Waals surface area (Å²) in [7, 11) is 0. The molecule has 37 heavy (non-hydrogen) atoms. The van der Waals surface area contributed by atoms with Gasteiger partial charge in [0.05, 0.1) is 24.0 Å². The highest BCUT2D eigenvalue weighted by molar-refractivity contribution is 5.92. The normalized spacial score (nSPS) is 28.4. The third-order valence-electron chi connectivity index (χ3n) is 8.55. The lowest BCUT2D eigenvalue weighted by Crippen LogP contribution is -2.51. The number of Topliss-reactive ketones (excluding diaryl/α,β-unsaturated/α-hetero) is 2. The van der Waals surface area contributed by atoms with Crippen LogP contribution in [0, 0.1) is 22.7 Å². The largest absolute Gasteiger partial charge is 0.392 e. The highest BCUT2D eigenvalue weighted by Gasteiger charge is 2.52. The number of aliphatic hydroxyl groups is 2. The van der Waals surface area contributed by atoms with Crippen LogP contribution in [0.5, 0.6) is 0 Å². The van der Waals surface area contributed by atoms with E-state index in [-0.39, 0.29) is 22.4 Å². The molecule has 5 heteroatoms. The van der Waals surface area contributed by atoms with Crippen LogP contribution in [0.3, 0.4) is 0 Å². The fourth-order valence-electron chi connectivity index (χ4n) is 7.08. The van der Waals surface area contributed by atoms with E-state index in [1.54, 1.807) is 0 Å². The number of hydrogen-bond acceptors (Lipinski definition) is 4. The van der Waals surface area contributed by atoms with Crippen molar-refractivity contribution >= 4 is 22.5 Å². The van der Waals surface area contributed by atoms with Gasteiger partial charge in [0.25, 0.3) is 0 Å². The Morgan fingerprint density at radius 2 is 1.32 bits per heavy atom. The standard InChI is InChI=1S/C32H39NO4/c1-31(2)14-24(34)29(25(35)15-31)28(30-26(36)16-32(3,4)17-27(30)37)22-19-33(18-20-10-6-5-7-11-20)23-13-9-8-12-21(22)23/h5-13,19,24,26,28-30,34,36H,14-18H2,1-4H3/t24-,26+,28?,29+,30-. The van der Waals surface area contributed by atoms with Gasteiger partial charge in [0.15, 0.2) is 0 Å². The molecule has 2 aromatic carbocycles. The first-order chi connectivity index (χ1) is 17.5. The van der Waals surface area contributed by atoms with Crippen molar-refractivity contribution < 1.29 is 19.8 Å².